The van der Waals surface area contributed by atoms with Crippen molar-refractivity contribution in [2.45, 2.75) is 51.1 Å². The van der Waals surface area contributed by atoms with Crippen LogP contribution in [0.2, 0.25) is 0 Å². The van der Waals surface area contributed by atoms with E-state index in [1.165, 1.54) is 25.7 Å². The van der Waals surface area contributed by atoms with Crippen molar-refractivity contribution in [1.29, 1.82) is 0 Å². The van der Waals surface area contributed by atoms with Gasteiger partial charge in [0.1, 0.15) is 0 Å². The molecular formula is C12H26N2O. The lowest BCUT2D eigenvalue weighted by molar-refractivity contribution is 0.113. The molecule has 0 radical (unpaired) electrons. The maximum Gasteiger partial charge on any atom is 0.0626 e. The van der Waals surface area contributed by atoms with Crippen LogP contribution in [0.1, 0.15) is 39.5 Å². The average molecular weight is 214 g/mol. The molecule has 1 aliphatic carbocycles. The van der Waals surface area contributed by atoms with Crippen molar-refractivity contribution in [2.24, 2.45) is 11.7 Å². The zero-order valence-electron chi connectivity index (χ0n) is 10.4. The van der Waals surface area contributed by atoms with Crippen molar-refractivity contribution in [3.63, 3.8) is 0 Å². The van der Waals surface area contributed by atoms with Crippen LogP contribution < -0.4 is 5.73 Å². The van der Waals surface area contributed by atoms with E-state index in [1.54, 1.807) is 0 Å². The van der Waals surface area contributed by atoms with Crippen LogP contribution in [0.3, 0.4) is 0 Å². The van der Waals surface area contributed by atoms with Crippen LogP contribution in [0.15, 0.2) is 0 Å². The van der Waals surface area contributed by atoms with Crippen molar-refractivity contribution in [3.05, 3.63) is 0 Å². The topological polar surface area (TPSA) is 49.5 Å². The van der Waals surface area contributed by atoms with Gasteiger partial charge in [0, 0.05) is 12.6 Å². The highest BCUT2D eigenvalue weighted by molar-refractivity contribution is 5.00. The lowest BCUT2D eigenvalue weighted by atomic mass is 9.94. The number of nitrogens with zero attached hydrogens (tertiary/aromatic N) is 1. The van der Waals surface area contributed by atoms with E-state index in [4.69, 9.17) is 5.73 Å². The number of aliphatic hydroxyl groups excluding tert-OH is 1. The fourth-order valence-electron chi connectivity index (χ4n) is 2.22. The maximum absolute atomic E-state index is 9.40. The van der Waals surface area contributed by atoms with Gasteiger partial charge in [0.15, 0.2) is 0 Å². The molecular weight excluding hydrogens is 188 g/mol. The zero-order valence-corrected chi connectivity index (χ0v) is 10.4. The highest BCUT2D eigenvalue weighted by atomic mass is 16.3. The maximum atomic E-state index is 9.40. The molecule has 15 heavy (non-hydrogen) atoms. The third-order valence-electron chi connectivity index (χ3n) is 3.69. The molecule has 0 aromatic carbocycles. The highest BCUT2D eigenvalue weighted by Gasteiger charge is 2.42. The van der Waals surface area contributed by atoms with Crippen LogP contribution in [0.5, 0.6) is 0 Å². The summed E-state index contributed by atoms with van der Waals surface area (Å²) in [6.07, 6.45) is 4.77. The van der Waals surface area contributed by atoms with Crippen molar-refractivity contribution >= 4 is 0 Å². The van der Waals surface area contributed by atoms with Crippen LogP contribution in [-0.2, 0) is 0 Å². The van der Waals surface area contributed by atoms with E-state index in [2.05, 4.69) is 25.8 Å². The third-order valence-corrected chi connectivity index (χ3v) is 3.69. The third kappa shape index (κ3) is 3.44. The summed E-state index contributed by atoms with van der Waals surface area (Å²) in [4.78, 5) is 2.29. The lowest BCUT2D eigenvalue weighted by Gasteiger charge is -2.35. The first-order valence-corrected chi connectivity index (χ1v) is 6.13. The van der Waals surface area contributed by atoms with Gasteiger partial charge in [-0.1, -0.05) is 13.3 Å². The predicted molar refractivity (Wildman–Crippen MR) is 63.7 cm³/mol. The number of aliphatic hydroxyl groups is 1. The summed E-state index contributed by atoms with van der Waals surface area (Å²) in [7, 11) is 2.11. The molecule has 0 amide bonds. The molecule has 1 aliphatic rings. The van der Waals surface area contributed by atoms with Crippen LogP contribution in [0.4, 0.5) is 0 Å². The molecule has 1 fully saturated rings. The molecule has 2 atom stereocenters. The van der Waals surface area contributed by atoms with E-state index in [1.807, 2.05) is 0 Å². The fourth-order valence-corrected chi connectivity index (χ4v) is 2.22. The van der Waals surface area contributed by atoms with E-state index >= 15 is 0 Å². The van der Waals surface area contributed by atoms with Gasteiger partial charge in [-0.15, -0.1) is 0 Å². The zero-order chi connectivity index (χ0) is 11.5. The van der Waals surface area contributed by atoms with Gasteiger partial charge in [-0.05, 0) is 39.2 Å². The van der Waals surface area contributed by atoms with E-state index < -0.39 is 0 Å². The predicted octanol–water partition coefficient (Wildman–Crippen LogP) is 1.21. The highest BCUT2D eigenvalue weighted by Crippen LogP contribution is 2.38. The molecule has 0 spiro atoms. The van der Waals surface area contributed by atoms with Crippen LogP contribution in [0.25, 0.3) is 0 Å². The molecule has 90 valence electrons. The minimum absolute atomic E-state index is 0.112. The quantitative estimate of drug-likeness (QED) is 0.669. The average Bonchev–Trinajstić information content (AvgIpc) is 3.01. The standard InChI is InChI=1S/C12H26N2O/c1-4-5-10(2)14(3)8-12(13,9-15)11-6-7-11/h10-11,15H,4-9,13H2,1-3H3. The fraction of sp³-hybridized carbons (Fsp3) is 1.00. The molecule has 1 saturated carbocycles. The molecule has 3 nitrogen and oxygen atoms in total. The number of hydrogen-bond donors (Lipinski definition) is 2. The van der Waals surface area contributed by atoms with Gasteiger partial charge in [0.05, 0.1) is 12.1 Å². The van der Waals surface area contributed by atoms with Gasteiger partial charge in [-0.2, -0.15) is 0 Å². The second-order valence-electron chi connectivity index (χ2n) is 5.22. The molecule has 0 aromatic heterocycles. The Morgan fingerprint density at radius 1 is 1.53 bits per heavy atom. The number of hydrogen-bond acceptors (Lipinski definition) is 3. The van der Waals surface area contributed by atoms with E-state index in [0.717, 1.165) is 6.54 Å². The number of rotatable bonds is 7. The summed E-state index contributed by atoms with van der Waals surface area (Å²) in [5, 5.41) is 9.40. The van der Waals surface area contributed by atoms with Gasteiger partial charge in [0.2, 0.25) is 0 Å². The van der Waals surface area contributed by atoms with E-state index in [-0.39, 0.29) is 12.1 Å². The van der Waals surface area contributed by atoms with Crippen molar-refractivity contribution < 1.29 is 5.11 Å². The van der Waals surface area contributed by atoms with Crippen molar-refractivity contribution in [1.82, 2.24) is 4.90 Å². The van der Waals surface area contributed by atoms with Crippen LogP contribution in [0, 0.1) is 5.92 Å². The van der Waals surface area contributed by atoms with E-state index in [9.17, 15) is 5.11 Å². The van der Waals surface area contributed by atoms with Gasteiger partial charge < -0.3 is 15.7 Å². The Labute approximate surface area is 93.6 Å². The Morgan fingerprint density at radius 3 is 2.53 bits per heavy atom. The van der Waals surface area contributed by atoms with Crippen LogP contribution >= 0.6 is 0 Å². The summed E-state index contributed by atoms with van der Waals surface area (Å²) in [5.41, 5.74) is 5.88. The normalized spacial score (nSPS) is 22.8. The van der Waals surface area contributed by atoms with Gasteiger partial charge >= 0.3 is 0 Å². The molecule has 0 bridgehead atoms. The summed E-state index contributed by atoms with van der Waals surface area (Å²) in [6, 6.07) is 0.559. The summed E-state index contributed by atoms with van der Waals surface area (Å²) in [5.74, 6) is 0.541. The monoisotopic (exact) mass is 214 g/mol. The molecule has 0 heterocycles. The Bertz CT molecular complexity index is 194. The smallest absolute Gasteiger partial charge is 0.0626 e. The molecule has 0 aromatic rings. The summed E-state index contributed by atoms with van der Waals surface area (Å²) >= 11 is 0. The SMILES string of the molecule is CCCC(C)N(C)CC(N)(CO)C1CC1. The number of likely N-dealkylation sites (N-methyl/N-ethyl adjacent to an activating group) is 1. The summed E-state index contributed by atoms with van der Waals surface area (Å²) < 4.78 is 0. The Balaban J connectivity index is 2.43. The first-order chi connectivity index (χ1) is 7.03. The van der Waals surface area contributed by atoms with Crippen molar-refractivity contribution in [3.8, 4) is 0 Å². The largest absolute Gasteiger partial charge is 0.394 e. The Kier molecular flexibility index (Phi) is 4.56. The molecule has 2 unspecified atom stereocenters. The number of nitrogens with two attached hydrogens (primary N) is 1. The molecule has 3 heteroatoms. The minimum Gasteiger partial charge on any atom is -0.394 e. The lowest BCUT2D eigenvalue weighted by Crippen LogP contribution is -2.55. The molecule has 1 rings (SSSR count). The van der Waals surface area contributed by atoms with Gasteiger partial charge in [-0.3, -0.25) is 0 Å². The van der Waals surface area contributed by atoms with Gasteiger partial charge in [-0.25, -0.2) is 0 Å². The van der Waals surface area contributed by atoms with Crippen molar-refractivity contribution in [2.75, 3.05) is 20.2 Å². The summed E-state index contributed by atoms with van der Waals surface area (Å²) in [6.45, 7) is 5.36. The second-order valence-corrected chi connectivity index (χ2v) is 5.22. The first-order valence-electron chi connectivity index (χ1n) is 6.13. The van der Waals surface area contributed by atoms with E-state index in [0.29, 0.717) is 12.0 Å². The first kappa shape index (κ1) is 12.9. The van der Waals surface area contributed by atoms with Gasteiger partial charge in [0.25, 0.3) is 0 Å². The molecule has 3 N–H and O–H groups in total. The Hall–Kier alpha value is -0.120. The molecule has 0 saturated heterocycles. The second kappa shape index (κ2) is 5.28. The Morgan fingerprint density at radius 2 is 2.13 bits per heavy atom. The minimum atomic E-state index is -0.364. The molecule has 0 aliphatic heterocycles. The van der Waals surface area contributed by atoms with Crippen LogP contribution in [-0.4, -0.2) is 41.8 Å².